The Balaban J connectivity index is 1.58. The zero-order valence-electron chi connectivity index (χ0n) is 19.4. The van der Waals surface area contributed by atoms with Gasteiger partial charge in [-0.25, -0.2) is 4.98 Å². The molecule has 2 N–H and O–H groups in total. The van der Waals surface area contributed by atoms with Gasteiger partial charge in [-0.05, 0) is 63.4 Å². The number of aromatic nitrogens is 1. The van der Waals surface area contributed by atoms with Gasteiger partial charge in [-0.15, -0.1) is 0 Å². The molecule has 1 aliphatic heterocycles. The standard InChI is InChI=1S/C26H33ClN4O/c1-26(2,3)30-20-11-13-31(14-12-20)24-16-25(28-17-18-5-7-19(27)8-6-18)29-23-15-21(32-4)9-10-22(23)24/h5-10,15-16,20,30H,11-14,17H2,1-4H3,(H,28,29). The Hall–Kier alpha value is -2.50. The van der Waals surface area contributed by atoms with Crippen LogP contribution in [0.5, 0.6) is 5.75 Å². The number of anilines is 2. The highest BCUT2D eigenvalue weighted by Crippen LogP contribution is 2.33. The van der Waals surface area contributed by atoms with E-state index in [1.165, 1.54) is 5.69 Å². The lowest BCUT2D eigenvalue weighted by Crippen LogP contribution is -2.49. The molecule has 4 rings (SSSR count). The SMILES string of the molecule is COc1ccc2c(N3CCC(NC(C)(C)C)CC3)cc(NCc3ccc(Cl)cc3)nc2c1. The van der Waals surface area contributed by atoms with Gasteiger partial charge in [0.1, 0.15) is 11.6 Å². The van der Waals surface area contributed by atoms with Crippen LogP contribution in [-0.4, -0.2) is 36.8 Å². The molecule has 2 heterocycles. The number of benzene rings is 2. The summed E-state index contributed by atoms with van der Waals surface area (Å²) >= 11 is 6.02. The Morgan fingerprint density at radius 2 is 1.78 bits per heavy atom. The Morgan fingerprint density at radius 1 is 1.06 bits per heavy atom. The zero-order chi connectivity index (χ0) is 22.7. The topological polar surface area (TPSA) is 49.4 Å². The van der Waals surface area contributed by atoms with Crippen LogP contribution < -0.4 is 20.3 Å². The molecule has 1 aromatic heterocycles. The molecule has 0 bridgehead atoms. The number of methoxy groups -OCH3 is 1. The number of halogens is 1. The van der Waals surface area contributed by atoms with Crippen LogP contribution in [-0.2, 0) is 6.54 Å². The maximum Gasteiger partial charge on any atom is 0.129 e. The number of pyridine rings is 1. The summed E-state index contributed by atoms with van der Waals surface area (Å²) in [5.74, 6) is 1.68. The third-order valence-electron chi connectivity index (χ3n) is 5.85. The van der Waals surface area contributed by atoms with Gasteiger partial charge < -0.3 is 20.3 Å². The van der Waals surface area contributed by atoms with Crippen molar-refractivity contribution in [3.05, 3.63) is 59.1 Å². The first kappa shape index (κ1) is 22.7. The van der Waals surface area contributed by atoms with E-state index >= 15 is 0 Å². The molecule has 0 aliphatic carbocycles. The summed E-state index contributed by atoms with van der Waals surface area (Å²) < 4.78 is 5.45. The van der Waals surface area contributed by atoms with Crippen LogP contribution in [0.25, 0.3) is 10.9 Å². The van der Waals surface area contributed by atoms with Crippen molar-refractivity contribution in [1.29, 1.82) is 0 Å². The number of ether oxygens (including phenoxy) is 1. The first-order chi connectivity index (χ1) is 15.3. The number of rotatable bonds is 6. The Labute approximate surface area is 196 Å². The highest BCUT2D eigenvalue weighted by atomic mass is 35.5. The first-order valence-corrected chi connectivity index (χ1v) is 11.7. The van der Waals surface area contributed by atoms with Crippen molar-refractivity contribution in [2.75, 3.05) is 30.4 Å². The maximum atomic E-state index is 6.02. The van der Waals surface area contributed by atoms with Crippen LogP contribution in [0.2, 0.25) is 5.02 Å². The van der Waals surface area contributed by atoms with E-state index in [-0.39, 0.29) is 5.54 Å². The highest BCUT2D eigenvalue weighted by molar-refractivity contribution is 6.30. The summed E-state index contributed by atoms with van der Waals surface area (Å²) in [7, 11) is 1.69. The second kappa shape index (κ2) is 9.55. The van der Waals surface area contributed by atoms with Gasteiger partial charge in [0.15, 0.2) is 0 Å². The molecule has 0 atom stereocenters. The molecular weight excluding hydrogens is 420 g/mol. The minimum atomic E-state index is 0.144. The van der Waals surface area contributed by atoms with Crippen molar-refractivity contribution in [3.63, 3.8) is 0 Å². The molecule has 0 saturated carbocycles. The fraction of sp³-hybridized carbons (Fsp3) is 0.423. The van der Waals surface area contributed by atoms with E-state index in [0.717, 1.165) is 59.0 Å². The van der Waals surface area contributed by atoms with Crippen LogP contribution in [0, 0.1) is 0 Å². The van der Waals surface area contributed by atoms with Gasteiger partial charge in [-0.2, -0.15) is 0 Å². The van der Waals surface area contributed by atoms with E-state index in [4.69, 9.17) is 21.3 Å². The normalized spacial score (nSPS) is 15.2. The van der Waals surface area contributed by atoms with Gasteiger partial charge in [0.25, 0.3) is 0 Å². The number of piperidine rings is 1. The monoisotopic (exact) mass is 452 g/mol. The van der Waals surface area contributed by atoms with E-state index in [1.807, 2.05) is 36.4 Å². The molecule has 1 saturated heterocycles. The van der Waals surface area contributed by atoms with Gasteiger partial charge in [0.05, 0.1) is 12.6 Å². The van der Waals surface area contributed by atoms with E-state index < -0.39 is 0 Å². The maximum absolute atomic E-state index is 6.02. The summed E-state index contributed by atoms with van der Waals surface area (Å²) in [5.41, 5.74) is 3.48. The van der Waals surface area contributed by atoms with E-state index in [9.17, 15) is 0 Å². The van der Waals surface area contributed by atoms with Crippen molar-refractivity contribution < 1.29 is 4.74 Å². The second-order valence-corrected chi connectivity index (χ2v) is 9.98. The molecule has 6 heteroatoms. The molecule has 1 fully saturated rings. The minimum absolute atomic E-state index is 0.144. The molecule has 0 amide bonds. The van der Waals surface area contributed by atoms with Crippen molar-refractivity contribution in [3.8, 4) is 5.75 Å². The van der Waals surface area contributed by atoms with Crippen LogP contribution in [0.1, 0.15) is 39.2 Å². The number of fused-ring (bicyclic) bond motifs is 1. The van der Waals surface area contributed by atoms with Gasteiger partial charge in [-0.3, -0.25) is 0 Å². The molecule has 2 aromatic carbocycles. The fourth-order valence-electron chi connectivity index (χ4n) is 4.34. The Bertz CT molecular complexity index is 1050. The van der Waals surface area contributed by atoms with Crippen molar-refractivity contribution in [1.82, 2.24) is 10.3 Å². The predicted octanol–water partition coefficient (Wildman–Crippen LogP) is 5.87. The van der Waals surface area contributed by atoms with E-state index in [1.54, 1.807) is 7.11 Å². The van der Waals surface area contributed by atoms with Crippen molar-refractivity contribution in [2.24, 2.45) is 0 Å². The Morgan fingerprint density at radius 3 is 2.44 bits per heavy atom. The molecule has 0 spiro atoms. The third-order valence-corrected chi connectivity index (χ3v) is 6.11. The molecule has 0 unspecified atom stereocenters. The minimum Gasteiger partial charge on any atom is -0.497 e. The molecular formula is C26H33ClN4O. The number of hydrogen-bond donors (Lipinski definition) is 2. The van der Waals surface area contributed by atoms with Crippen molar-refractivity contribution >= 4 is 34.0 Å². The molecule has 3 aromatic rings. The number of hydrogen-bond acceptors (Lipinski definition) is 5. The highest BCUT2D eigenvalue weighted by Gasteiger charge is 2.24. The third kappa shape index (κ3) is 5.64. The fourth-order valence-corrected chi connectivity index (χ4v) is 4.47. The number of nitrogens with one attached hydrogen (secondary N) is 2. The average molecular weight is 453 g/mol. The lowest BCUT2D eigenvalue weighted by atomic mass is 9.99. The summed E-state index contributed by atoms with van der Waals surface area (Å²) in [6.07, 6.45) is 2.26. The molecule has 0 radical (unpaired) electrons. The molecule has 5 nitrogen and oxygen atoms in total. The van der Waals surface area contributed by atoms with Crippen molar-refractivity contribution in [2.45, 2.75) is 51.7 Å². The smallest absolute Gasteiger partial charge is 0.129 e. The number of nitrogens with zero attached hydrogens (tertiary/aromatic N) is 2. The predicted molar refractivity (Wildman–Crippen MR) is 135 cm³/mol. The molecule has 170 valence electrons. The van der Waals surface area contributed by atoms with Gasteiger partial charge >= 0.3 is 0 Å². The van der Waals surface area contributed by atoms with Gasteiger partial charge in [-0.1, -0.05) is 23.7 Å². The molecule has 1 aliphatic rings. The lowest BCUT2D eigenvalue weighted by Gasteiger charge is -2.37. The largest absolute Gasteiger partial charge is 0.497 e. The summed E-state index contributed by atoms with van der Waals surface area (Å²) in [5, 5.41) is 9.16. The summed E-state index contributed by atoms with van der Waals surface area (Å²) in [4.78, 5) is 7.37. The zero-order valence-corrected chi connectivity index (χ0v) is 20.2. The van der Waals surface area contributed by atoms with Gasteiger partial charge in [0.2, 0.25) is 0 Å². The quantitative estimate of drug-likeness (QED) is 0.490. The van der Waals surface area contributed by atoms with Crippen LogP contribution >= 0.6 is 11.6 Å². The van der Waals surface area contributed by atoms with Crippen LogP contribution in [0.4, 0.5) is 11.5 Å². The van der Waals surface area contributed by atoms with Gasteiger partial charge in [0, 0.05) is 59.4 Å². The van der Waals surface area contributed by atoms with Crippen LogP contribution in [0.15, 0.2) is 48.5 Å². The van der Waals surface area contributed by atoms with Crippen LogP contribution in [0.3, 0.4) is 0 Å². The average Bonchev–Trinajstić information content (AvgIpc) is 2.77. The first-order valence-electron chi connectivity index (χ1n) is 11.3. The summed E-state index contributed by atoms with van der Waals surface area (Å²) in [6.45, 7) is 9.45. The molecule has 32 heavy (non-hydrogen) atoms. The Kier molecular flexibility index (Phi) is 6.77. The second-order valence-electron chi connectivity index (χ2n) is 9.55. The lowest BCUT2D eigenvalue weighted by molar-refractivity contribution is 0.317. The van der Waals surface area contributed by atoms with E-state index in [0.29, 0.717) is 12.6 Å². The summed E-state index contributed by atoms with van der Waals surface area (Å²) in [6, 6.07) is 16.8. The van der Waals surface area contributed by atoms with E-state index in [2.05, 4.69) is 48.4 Å².